The van der Waals surface area contributed by atoms with Gasteiger partial charge in [0.05, 0.1) is 12.7 Å². The number of benzene rings is 1. The maximum absolute atomic E-state index is 11.3. The fourth-order valence-electron chi connectivity index (χ4n) is 2.45. The van der Waals surface area contributed by atoms with Gasteiger partial charge in [0, 0.05) is 12.5 Å². The topological polar surface area (TPSA) is 72.9 Å². The molecule has 0 saturated carbocycles. The summed E-state index contributed by atoms with van der Waals surface area (Å²) >= 11 is 0. The Balaban J connectivity index is 1.86. The van der Waals surface area contributed by atoms with Crippen molar-refractivity contribution in [3.8, 4) is 0 Å². The van der Waals surface area contributed by atoms with Gasteiger partial charge < -0.3 is 11.1 Å². The van der Waals surface area contributed by atoms with Crippen LogP contribution < -0.4 is 11.1 Å². The number of carbonyl (C=O) groups is 1. The Morgan fingerprint density at radius 3 is 2.84 bits per heavy atom. The molecule has 5 nitrogen and oxygen atoms in total. The zero-order valence-electron chi connectivity index (χ0n) is 10.8. The molecule has 0 spiro atoms. The second-order valence-corrected chi connectivity index (χ2v) is 4.94. The molecule has 1 unspecified atom stereocenters. The molecule has 3 N–H and O–H groups in total. The predicted octanol–water partition coefficient (Wildman–Crippen LogP) is 1.50. The first-order valence-corrected chi connectivity index (χ1v) is 6.31. The molecule has 0 radical (unpaired) electrons. The van der Waals surface area contributed by atoms with Crippen molar-refractivity contribution in [2.75, 3.05) is 11.9 Å². The van der Waals surface area contributed by atoms with Crippen LogP contribution in [0.25, 0.3) is 0 Å². The van der Waals surface area contributed by atoms with Gasteiger partial charge >= 0.3 is 0 Å². The molecule has 19 heavy (non-hydrogen) atoms. The minimum absolute atomic E-state index is 0.355. The van der Waals surface area contributed by atoms with Gasteiger partial charge in [0.1, 0.15) is 11.4 Å². The Bertz CT molecular complexity index is 615. The van der Waals surface area contributed by atoms with Crippen LogP contribution in [0.5, 0.6) is 0 Å². The van der Waals surface area contributed by atoms with Crippen LogP contribution in [-0.2, 0) is 6.54 Å². The lowest BCUT2D eigenvalue weighted by molar-refractivity contribution is 0.100. The van der Waals surface area contributed by atoms with Gasteiger partial charge in [-0.1, -0.05) is 29.8 Å². The highest BCUT2D eigenvalue weighted by atomic mass is 16.1. The van der Waals surface area contributed by atoms with Crippen LogP contribution in [-0.4, -0.2) is 22.2 Å². The third-order valence-electron chi connectivity index (χ3n) is 3.56. The summed E-state index contributed by atoms with van der Waals surface area (Å²) in [6.45, 7) is 3.63. The lowest BCUT2D eigenvalue weighted by Gasteiger charge is -2.25. The van der Waals surface area contributed by atoms with E-state index < -0.39 is 5.91 Å². The number of carbonyl (C=O) groups excluding carboxylic acids is 1. The summed E-state index contributed by atoms with van der Waals surface area (Å²) < 4.78 is 1.81. The maximum Gasteiger partial charge on any atom is 0.254 e. The molecule has 0 bridgehead atoms. The normalized spacial score (nSPS) is 17.6. The summed E-state index contributed by atoms with van der Waals surface area (Å²) in [6, 6.07) is 8.52. The first kappa shape index (κ1) is 11.8. The molecule has 2 aromatic rings. The molecule has 0 saturated heterocycles. The van der Waals surface area contributed by atoms with Crippen LogP contribution in [0, 0.1) is 6.92 Å². The first-order chi connectivity index (χ1) is 9.15. The van der Waals surface area contributed by atoms with Crippen LogP contribution in [0.1, 0.15) is 27.4 Å². The van der Waals surface area contributed by atoms with Crippen molar-refractivity contribution in [2.24, 2.45) is 5.73 Å². The average molecular weight is 256 g/mol. The van der Waals surface area contributed by atoms with Gasteiger partial charge in [-0.3, -0.25) is 4.79 Å². The first-order valence-electron chi connectivity index (χ1n) is 6.31. The lowest BCUT2D eigenvalue weighted by atomic mass is 9.97. The summed E-state index contributed by atoms with van der Waals surface area (Å²) in [5.74, 6) is 0.645. The molecule has 1 aliphatic heterocycles. The molecule has 1 atom stereocenters. The Kier molecular flexibility index (Phi) is 2.74. The molecule has 0 fully saturated rings. The third-order valence-corrected chi connectivity index (χ3v) is 3.56. The number of fused-ring (bicyclic) bond motifs is 1. The Hall–Kier alpha value is -2.30. The van der Waals surface area contributed by atoms with Gasteiger partial charge in [0.2, 0.25) is 0 Å². The van der Waals surface area contributed by atoms with Crippen LogP contribution in [0.15, 0.2) is 30.5 Å². The largest absolute Gasteiger partial charge is 0.369 e. The second-order valence-electron chi connectivity index (χ2n) is 4.94. The highest BCUT2D eigenvalue weighted by Gasteiger charge is 2.24. The number of rotatable bonds is 2. The number of aromatic nitrogens is 2. The van der Waals surface area contributed by atoms with Crippen molar-refractivity contribution in [3.05, 3.63) is 47.2 Å². The fourth-order valence-corrected chi connectivity index (χ4v) is 2.45. The molecule has 3 rings (SSSR count). The van der Waals surface area contributed by atoms with E-state index in [1.807, 2.05) is 4.68 Å². The number of hydrogen-bond donors (Lipinski definition) is 2. The van der Waals surface area contributed by atoms with Crippen LogP contribution in [0.4, 0.5) is 5.82 Å². The Labute approximate surface area is 111 Å². The molecule has 98 valence electrons. The van der Waals surface area contributed by atoms with E-state index in [4.69, 9.17) is 5.73 Å². The number of nitrogens with zero attached hydrogens (tertiary/aromatic N) is 2. The van der Waals surface area contributed by atoms with Gasteiger partial charge in [0.25, 0.3) is 5.91 Å². The highest BCUT2D eigenvalue weighted by molar-refractivity contribution is 5.97. The molecule has 1 aromatic carbocycles. The zero-order valence-corrected chi connectivity index (χ0v) is 10.8. The van der Waals surface area contributed by atoms with Crippen LogP contribution in [0.2, 0.25) is 0 Å². The molecule has 0 aliphatic carbocycles. The van der Waals surface area contributed by atoms with Crippen molar-refractivity contribution in [1.29, 1.82) is 0 Å². The minimum Gasteiger partial charge on any atom is -0.369 e. The van der Waals surface area contributed by atoms with E-state index in [-0.39, 0.29) is 0 Å². The van der Waals surface area contributed by atoms with E-state index in [1.165, 1.54) is 17.3 Å². The summed E-state index contributed by atoms with van der Waals surface area (Å²) in [4.78, 5) is 11.3. The van der Waals surface area contributed by atoms with Crippen LogP contribution in [0.3, 0.4) is 0 Å². The van der Waals surface area contributed by atoms with Gasteiger partial charge in [-0.05, 0) is 12.5 Å². The molecular weight excluding hydrogens is 240 g/mol. The average Bonchev–Trinajstić information content (AvgIpc) is 2.82. The maximum atomic E-state index is 11.3. The molecule has 5 heteroatoms. The predicted molar refractivity (Wildman–Crippen MR) is 73.2 cm³/mol. The summed E-state index contributed by atoms with van der Waals surface area (Å²) in [5.41, 5.74) is 8.30. The molecule has 2 heterocycles. The van der Waals surface area contributed by atoms with E-state index >= 15 is 0 Å². The molecular formula is C14H16N4O. The minimum atomic E-state index is -0.442. The van der Waals surface area contributed by atoms with Gasteiger partial charge in [0.15, 0.2) is 0 Å². The quantitative estimate of drug-likeness (QED) is 0.855. The highest BCUT2D eigenvalue weighted by Crippen LogP contribution is 2.27. The number of anilines is 1. The summed E-state index contributed by atoms with van der Waals surface area (Å²) in [7, 11) is 0. The van der Waals surface area contributed by atoms with Crippen molar-refractivity contribution >= 4 is 11.7 Å². The summed E-state index contributed by atoms with van der Waals surface area (Å²) in [5, 5.41) is 7.48. The SMILES string of the molecule is Cc1ccc(C2CNc3c(C(N)=O)cnn3C2)cc1. The monoisotopic (exact) mass is 256 g/mol. The summed E-state index contributed by atoms with van der Waals surface area (Å²) in [6.07, 6.45) is 1.53. The van der Waals surface area contributed by atoms with E-state index in [0.717, 1.165) is 18.9 Å². The number of nitrogens with two attached hydrogens (primary N) is 1. The van der Waals surface area contributed by atoms with E-state index in [2.05, 4.69) is 41.6 Å². The standard InChI is InChI=1S/C14H16N4O/c1-9-2-4-10(5-3-9)11-6-16-14-12(13(15)19)7-17-18(14)8-11/h2-5,7,11,16H,6,8H2,1H3,(H2,15,19). The number of aryl methyl sites for hydroxylation is 1. The molecule has 1 aromatic heterocycles. The third kappa shape index (κ3) is 2.07. The van der Waals surface area contributed by atoms with Crippen molar-refractivity contribution in [2.45, 2.75) is 19.4 Å². The number of nitrogens with one attached hydrogen (secondary N) is 1. The van der Waals surface area contributed by atoms with Crippen molar-refractivity contribution in [1.82, 2.24) is 9.78 Å². The number of amides is 1. The van der Waals surface area contributed by atoms with Gasteiger partial charge in [-0.2, -0.15) is 5.10 Å². The molecule has 1 aliphatic rings. The number of hydrogen-bond acceptors (Lipinski definition) is 3. The van der Waals surface area contributed by atoms with Gasteiger partial charge in [-0.25, -0.2) is 4.68 Å². The van der Waals surface area contributed by atoms with E-state index in [9.17, 15) is 4.79 Å². The van der Waals surface area contributed by atoms with E-state index in [1.54, 1.807) is 0 Å². The van der Waals surface area contributed by atoms with Gasteiger partial charge in [-0.15, -0.1) is 0 Å². The van der Waals surface area contributed by atoms with E-state index in [0.29, 0.717) is 11.5 Å². The zero-order chi connectivity index (χ0) is 13.4. The van der Waals surface area contributed by atoms with Crippen molar-refractivity contribution < 1.29 is 4.79 Å². The van der Waals surface area contributed by atoms with Crippen LogP contribution >= 0.6 is 0 Å². The Morgan fingerprint density at radius 1 is 1.42 bits per heavy atom. The molecule has 1 amide bonds. The smallest absolute Gasteiger partial charge is 0.254 e. The Morgan fingerprint density at radius 2 is 2.16 bits per heavy atom. The number of primary amides is 1. The van der Waals surface area contributed by atoms with Crippen molar-refractivity contribution in [3.63, 3.8) is 0 Å². The fraction of sp³-hybridized carbons (Fsp3) is 0.286. The second kappa shape index (κ2) is 4.42. The lowest BCUT2D eigenvalue weighted by Crippen LogP contribution is -2.27.